The summed E-state index contributed by atoms with van der Waals surface area (Å²) in [5, 5.41) is 22.7. The van der Waals surface area contributed by atoms with Crippen molar-refractivity contribution in [2.75, 3.05) is 0 Å². The fourth-order valence-electron chi connectivity index (χ4n) is 8.05. The van der Waals surface area contributed by atoms with Gasteiger partial charge in [0.15, 0.2) is 17.6 Å². The zero-order valence-corrected chi connectivity index (χ0v) is 24.6. The molecule has 1 aromatic rings. The number of carbonyl (C=O) groups excluding carboxylic acids is 1. The van der Waals surface area contributed by atoms with Gasteiger partial charge in [-0.2, -0.15) is 0 Å². The second kappa shape index (κ2) is 13.1. The van der Waals surface area contributed by atoms with E-state index >= 15 is 0 Å². The van der Waals surface area contributed by atoms with E-state index in [1.807, 2.05) is 12.1 Å². The number of phenols is 1. The number of hydrogen-bond donors (Lipinski definition) is 2. The maximum absolute atomic E-state index is 12.8. The highest BCUT2D eigenvalue weighted by Crippen LogP contribution is 2.67. The Labute approximate surface area is 241 Å². The summed E-state index contributed by atoms with van der Waals surface area (Å²) in [4.78, 5) is 12.8. The van der Waals surface area contributed by atoms with Gasteiger partial charge < -0.3 is 19.7 Å². The van der Waals surface area contributed by atoms with Crippen LogP contribution in [0.4, 0.5) is 0 Å². The van der Waals surface area contributed by atoms with Gasteiger partial charge in [-0.05, 0) is 81.4 Å². The van der Waals surface area contributed by atoms with Crippen LogP contribution in [-0.4, -0.2) is 27.9 Å². The van der Waals surface area contributed by atoms with Gasteiger partial charge in [-0.1, -0.05) is 82.9 Å². The molecule has 0 unspecified atom stereocenters. The fraction of sp³-hybridized carbons (Fsp3) is 0.686. The number of ether oxygens (including phenoxy) is 2. The first kappa shape index (κ1) is 29.2. The molecule has 5 heteroatoms. The molecule has 4 atom stereocenters. The van der Waals surface area contributed by atoms with E-state index in [0.29, 0.717) is 24.4 Å². The van der Waals surface area contributed by atoms with Crippen molar-refractivity contribution in [2.45, 2.75) is 146 Å². The van der Waals surface area contributed by atoms with Crippen LogP contribution in [0.5, 0.6) is 11.5 Å². The summed E-state index contributed by atoms with van der Waals surface area (Å²) in [7, 11) is 0. The normalized spacial score (nSPS) is 27.8. The number of phenolic OH excluding ortho intramolecular Hbond substituents is 1. The predicted molar refractivity (Wildman–Crippen MR) is 158 cm³/mol. The van der Waals surface area contributed by atoms with Crippen LogP contribution in [-0.2, 0) is 21.4 Å². The molecule has 2 bridgehead atoms. The molecule has 40 heavy (non-hydrogen) atoms. The highest BCUT2D eigenvalue weighted by Gasteiger charge is 2.70. The van der Waals surface area contributed by atoms with Crippen LogP contribution in [0.1, 0.15) is 134 Å². The molecule has 4 aliphatic rings. The molecular formula is C35H50O5. The first-order chi connectivity index (χ1) is 19.5. The first-order valence-electron chi connectivity index (χ1n) is 16.3. The quantitative estimate of drug-likeness (QED) is 0.123. The molecule has 2 N–H and O–H groups in total. The third kappa shape index (κ3) is 5.60. The van der Waals surface area contributed by atoms with Gasteiger partial charge in [-0.15, -0.1) is 0 Å². The van der Waals surface area contributed by atoms with Gasteiger partial charge >= 0.3 is 5.97 Å². The van der Waals surface area contributed by atoms with E-state index in [2.05, 4.69) is 19.1 Å². The van der Waals surface area contributed by atoms with Crippen LogP contribution in [0, 0.1) is 5.92 Å². The maximum atomic E-state index is 12.8. The molecule has 0 aromatic heterocycles. The van der Waals surface area contributed by atoms with Crippen molar-refractivity contribution in [1.82, 2.24) is 0 Å². The van der Waals surface area contributed by atoms with Crippen molar-refractivity contribution < 1.29 is 24.5 Å². The summed E-state index contributed by atoms with van der Waals surface area (Å²) in [5.41, 5.74) is 0.534. The Morgan fingerprint density at radius 3 is 2.48 bits per heavy atom. The number of aliphatic hydroxyl groups is 1. The van der Waals surface area contributed by atoms with Crippen molar-refractivity contribution in [1.29, 1.82) is 0 Å². The Morgan fingerprint density at radius 2 is 1.73 bits per heavy atom. The fourth-order valence-corrected chi connectivity index (χ4v) is 8.05. The third-order valence-electron chi connectivity index (χ3n) is 10.1. The molecule has 1 aliphatic heterocycles. The largest absolute Gasteiger partial charge is 0.504 e. The Morgan fingerprint density at radius 1 is 1.02 bits per heavy atom. The lowest BCUT2D eigenvalue weighted by atomic mass is 9.47. The number of aromatic hydroxyl groups is 1. The Hall–Kier alpha value is -2.27. The molecule has 5 nitrogen and oxygen atoms in total. The molecule has 0 saturated heterocycles. The highest BCUT2D eigenvalue weighted by atomic mass is 16.6. The zero-order chi connectivity index (χ0) is 28.0. The number of allylic oxidation sites excluding steroid dienone is 2. The van der Waals surface area contributed by atoms with Crippen molar-refractivity contribution >= 4 is 5.97 Å². The minimum absolute atomic E-state index is 0.105. The van der Waals surface area contributed by atoms with Gasteiger partial charge in [0.1, 0.15) is 5.76 Å². The smallest absolute Gasteiger partial charge is 0.310 e. The zero-order valence-electron chi connectivity index (χ0n) is 24.6. The van der Waals surface area contributed by atoms with Crippen LogP contribution >= 0.6 is 0 Å². The molecule has 1 spiro atoms. The predicted octanol–water partition coefficient (Wildman–Crippen LogP) is 8.35. The number of unbranched alkanes of at least 4 members (excludes halogenated alkanes) is 11. The van der Waals surface area contributed by atoms with Crippen molar-refractivity contribution in [2.24, 2.45) is 5.92 Å². The molecular weight excluding hydrogens is 500 g/mol. The third-order valence-corrected chi connectivity index (χ3v) is 10.1. The maximum Gasteiger partial charge on any atom is 0.310 e. The van der Waals surface area contributed by atoms with E-state index in [4.69, 9.17) is 9.47 Å². The summed E-state index contributed by atoms with van der Waals surface area (Å²) in [6.45, 7) is 2.26. The summed E-state index contributed by atoms with van der Waals surface area (Å²) >= 11 is 0. The molecule has 0 amide bonds. The lowest BCUT2D eigenvalue weighted by molar-refractivity contribution is -0.160. The van der Waals surface area contributed by atoms with E-state index in [1.54, 1.807) is 6.07 Å². The summed E-state index contributed by atoms with van der Waals surface area (Å²) in [6.07, 6.45) is 26.3. The molecule has 3 aliphatic carbocycles. The average Bonchev–Trinajstić information content (AvgIpc) is 3.29. The number of benzene rings is 1. The minimum atomic E-state index is -0.929. The lowest BCUT2D eigenvalue weighted by Gasteiger charge is -2.59. The number of esters is 1. The van der Waals surface area contributed by atoms with E-state index in [1.165, 1.54) is 57.8 Å². The first-order valence-corrected chi connectivity index (χ1v) is 16.3. The molecule has 0 radical (unpaired) electrons. The van der Waals surface area contributed by atoms with Gasteiger partial charge in [-0.25, -0.2) is 0 Å². The Balaban J connectivity index is 1.04. The Kier molecular flexibility index (Phi) is 9.60. The van der Waals surface area contributed by atoms with Crippen LogP contribution in [0.2, 0.25) is 0 Å². The van der Waals surface area contributed by atoms with Crippen LogP contribution < -0.4 is 4.74 Å². The van der Waals surface area contributed by atoms with Crippen molar-refractivity contribution in [3.8, 4) is 11.5 Å². The number of hydrogen-bond acceptors (Lipinski definition) is 5. The van der Waals surface area contributed by atoms with E-state index in [-0.39, 0.29) is 17.6 Å². The average molecular weight is 551 g/mol. The molecule has 1 heterocycles. The van der Waals surface area contributed by atoms with Crippen LogP contribution in [0.15, 0.2) is 36.1 Å². The molecule has 1 fully saturated rings. The highest BCUT2D eigenvalue weighted by molar-refractivity contribution is 5.71. The number of rotatable bonds is 16. The van der Waals surface area contributed by atoms with Gasteiger partial charge in [-0.3, -0.25) is 4.79 Å². The van der Waals surface area contributed by atoms with Gasteiger partial charge in [0, 0.05) is 12.0 Å². The van der Waals surface area contributed by atoms with Gasteiger partial charge in [0.2, 0.25) is 0 Å². The van der Waals surface area contributed by atoms with Crippen molar-refractivity contribution in [3.05, 3.63) is 47.2 Å². The monoisotopic (exact) mass is 550 g/mol. The summed E-state index contributed by atoms with van der Waals surface area (Å²) < 4.78 is 12.3. The molecule has 5 rings (SSSR count). The van der Waals surface area contributed by atoms with Gasteiger partial charge in [0.05, 0.1) is 11.0 Å². The number of carbonyl (C=O) groups is 1. The molecule has 1 saturated carbocycles. The molecule has 1 aromatic carbocycles. The van der Waals surface area contributed by atoms with E-state index in [0.717, 1.165) is 62.5 Å². The standard InChI is InChI=1S/C35H50O5/c1-2-3-4-5-6-7-8-9-10-11-12-13-14-15-16-19-30(37)39-29-22-24-35(38)27-18-17-23-34(35)31-26(25-27)20-21-28(36)32(31)40-33(29)34/h9-10,20-22,27,33,36,38H,2-8,11-19,23-25H2,1H3/b10-9-/t27-,33+,34+,35-/m1/s1. The van der Waals surface area contributed by atoms with Crippen LogP contribution in [0.3, 0.4) is 0 Å². The van der Waals surface area contributed by atoms with Crippen LogP contribution in [0.25, 0.3) is 0 Å². The van der Waals surface area contributed by atoms with E-state index in [9.17, 15) is 15.0 Å². The molecule has 220 valence electrons. The minimum Gasteiger partial charge on any atom is -0.504 e. The Bertz CT molecular complexity index is 1090. The van der Waals surface area contributed by atoms with E-state index < -0.39 is 17.1 Å². The second-order valence-corrected chi connectivity index (χ2v) is 12.8. The van der Waals surface area contributed by atoms with Gasteiger partial charge in [0.25, 0.3) is 0 Å². The van der Waals surface area contributed by atoms with Crippen molar-refractivity contribution in [3.63, 3.8) is 0 Å². The lowest BCUT2D eigenvalue weighted by Crippen LogP contribution is -2.67. The topological polar surface area (TPSA) is 76.0 Å². The summed E-state index contributed by atoms with van der Waals surface area (Å²) in [6, 6.07) is 3.68. The SMILES string of the molecule is CCCCCCCC/C=C\CCCCCCCC(=O)OC1=CC[C@@]2(O)[C@@H]3CCC[C@@]24c2c(ccc(O)c2O[C@@H]14)C3. The summed E-state index contributed by atoms with van der Waals surface area (Å²) in [5.74, 6) is 1.03. The second-order valence-electron chi connectivity index (χ2n) is 12.8.